The van der Waals surface area contributed by atoms with Crippen LogP contribution in [-0.4, -0.2) is 16.3 Å². The Hall–Kier alpha value is 0.180. The van der Waals surface area contributed by atoms with E-state index in [9.17, 15) is 0 Å². The van der Waals surface area contributed by atoms with Gasteiger partial charge < -0.3 is 4.90 Å². The van der Waals surface area contributed by atoms with E-state index >= 15 is 0 Å². The van der Waals surface area contributed by atoms with Gasteiger partial charge in [-0.05, 0) is 12.3 Å². The predicted molar refractivity (Wildman–Crippen MR) is 38.8 cm³/mol. The van der Waals surface area contributed by atoms with E-state index in [1.54, 1.807) is 11.8 Å². The molecular formula is C5H8ClNS. The van der Waals surface area contributed by atoms with E-state index in [4.69, 9.17) is 11.6 Å². The predicted octanol–water partition coefficient (Wildman–Crippen LogP) is 2.05. The van der Waals surface area contributed by atoms with Crippen LogP contribution in [0, 0.1) is 0 Å². The molecule has 0 bridgehead atoms. The van der Waals surface area contributed by atoms with Crippen LogP contribution >= 0.6 is 23.4 Å². The molecule has 0 N–H and O–H groups in total. The minimum Gasteiger partial charge on any atom is -0.353 e. The highest BCUT2D eigenvalue weighted by atomic mass is 35.5. The molecule has 0 fully saturated rings. The van der Waals surface area contributed by atoms with Gasteiger partial charge in [-0.1, -0.05) is 23.4 Å². The average molecular weight is 150 g/mol. The Kier molecular flexibility index (Phi) is 2.08. The molecule has 0 amide bonds. The van der Waals surface area contributed by atoms with Crippen LogP contribution in [0.1, 0.15) is 6.92 Å². The van der Waals surface area contributed by atoms with E-state index < -0.39 is 0 Å². The first-order valence-electron chi connectivity index (χ1n) is 2.56. The normalized spacial score (nSPS) is 27.2. The van der Waals surface area contributed by atoms with Crippen molar-refractivity contribution >= 4 is 23.4 Å². The van der Waals surface area contributed by atoms with E-state index in [1.807, 2.05) is 11.6 Å². The molecule has 0 aromatic carbocycles. The summed E-state index contributed by atoms with van der Waals surface area (Å²) in [6.45, 7) is 3.09. The van der Waals surface area contributed by atoms with Gasteiger partial charge in [-0.25, -0.2) is 0 Å². The highest BCUT2D eigenvalue weighted by molar-refractivity contribution is 8.04. The highest BCUT2D eigenvalue weighted by Gasteiger charge is 2.13. The standard InChI is InChI=1S/C5H8ClNS/c1-2-7-3-4-8-5(7)6/h3-5H,2H2,1H3. The minimum absolute atomic E-state index is 0.139. The molecule has 0 aromatic heterocycles. The number of hydrogen-bond acceptors (Lipinski definition) is 2. The summed E-state index contributed by atoms with van der Waals surface area (Å²) >= 11 is 7.45. The molecule has 0 aromatic rings. The third kappa shape index (κ3) is 1.12. The van der Waals surface area contributed by atoms with Crippen molar-refractivity contribution in [3.63, 3.8) is 0 Å². The lowest BCUT2D eigenvalue weighted by Crippen LogP contribution is -2.18. The first-order valence-corrected chi connectivity index (χ1v) is 3.94. The summed E-state index contributed by atoms with van der Waals surface area (Å²) in [5.41, 5.74) is 0. The molecule has 1 unspecified atom stereocenters. The van der Waals surface area contributed by atoms with Gasteiger partial charge in [0.1, 0.15) is 0 Å². The van der Waals surface area contributed by atoms with Crippen LogP contribution in [0.4, 0.5) is 0 Å². The molecular weight excluding hydrogens is 142 g/mol. The Morgan fingerprint density at radius 2 is 2.62 bits per heavy atom. The maximum atomic E-state index is 5.80. The average Bonchev–Trinajstić information content (AvgIpc) is 2.14. The Morgan fingerprint density at radius 3 is 2.88 bits per heavy atom. The highest BCUT2D eigenvalue weighted by Crippen LogP contribution is 2.26. The van der Waals surface area contributed by atoms with Crippen molar-refractivity contribution in [2.75, 3.05) is 6.54 Å². The molecule has 1 nitrogen and oxygen atoms in total. The fourth-order valence-electron chi connectivity index (χ4n) is 0.573. The van der Waals surface area contributed by atoms with Crippen molar-refractivity contribution in [3.05, 3.63) is 11.6 Å². The molecule has 0 radical (unpaired) electrons. The zero-order valence-electron chi connectivity index (χ0n) is 4.67. The van der Waals surface area contributed by atoms with Gasteiger partial charge in [0.15, 0.2) is 4.83 Å². The van der Waals surface area contributed by atoms with Gasteiger partial charge in [0.05, 0.1) is 0 Å². The Labute approximate surface area is 58.7 Å². The van der Waals surface area contributed by atoms with Crippen LogP contribution in [0.5, 0.6) is 0 Å². The molecule has 0 saturated carbocycles. The molecule has 8 heavy (non-hydrogen) atoms. The van der Waals surface area contributed by atoms with Crippen molar-refractivity contribution in [3.8, 4) is 0 Å². The topological polar surface area (TPSA) is 3.24 Å². The lowest BCUT2D eigenvalue weighted by atomic mass is 10.6. The van der Waals surface area contributed by atoms with Gasteiger partial charge in [0, 0.05) is 12.7 Å². The lowest BCUT2D eigenvalue weighted by molar-refractivity contribution is 0.446. The summed E-state index contributed by atoms with van der Waals surface area (Å²) < 4.78 is 0. The second-order valence-corrected chi connectivity index (χ2v) is 3.21. The molecule has 46 valence electrons. The zero-order chi connectivity index (χ0) is 5.98. The van der Waals surface area contributed by atoms with Gasteiger partial charge in [-0.2, -0.15) is 0 Å². The van der Waals surface area contributed by atoms with E-state index in [2.05, 4.69) is 11.8 Å². The van der Waals surface area contributed by atoms with Crippen LogP contribution in [0.15, 0.2) is 11.6 Å². The summed E-state index contributed by atoms with van der Waals surface area (Å²) in [5.74, 6) is 0. The SMILES string of the molecule is CCN1C=CSC1Cl. The number of halogens is 1. The van der Waals surface area contributed by atoms with Crippen LogP contribution in [-0.2, 0) is 0 Å². The quantitative estimate of drug-likeness (QED) is 0.415. The molecule has 3 heteroatoms. The largest absolute Gasteiger partial charge is 0.353 e. The summed E-state index contributed by atoms with van der Waals surface area (Å²) in [7, 11) is 0. The van der Waals surface area contributed by atoms with Crippen LogP contribution in [0.3, 0.4) is 0 Å². The summed E-state index contributed by atoms with van der Waals surface area (Å²) in [5, 5.41) is 2.02. The molecule has 1 atom stereocenters. The van der Waals surface area contributed by atoms with E-state index in [1.165, 1.54) is 0 Å². The summed E-state index contributed by atoms with van der Waals surface area (Å²) in [6, 6.07) is 0. The van der Waals surface area contributed by atoms with Gasteiger partial charge in [0.2, 0.25) is 0 Å². The van der Waals surface area contributed by atoms with E-state index in [-0.39, 0.29) is 4.83 Å². The number of alkyl halides is 1. The number of thioether (sulfide) groups is 1. The van der Waals surface area contributed by atoms with Gasteiger partial charge in [-0.15, -0.1) is 0 Å². The van der Waals surface area contributed by atoms with E-state index in [0.29, 0.717) is 0 Å². The van der Waals surface area contributed by atoms with Gasteiger partial charge >= 0.3 is 0 Å². The molecule has 1 heterocycles. The Balaban J connectivity index is 2.41. The fraction of sp³-hybridized carbons (Fsp3) is 0.600. The molecule has 0 spiro atoms. The first-order chi connectivity index (χ1) is 3.84. The van der Waals surface area contributed by atoms with Crippen LogP contribution in [0.2, 0.25) is 0 Å². The van der Waals surface area contributed by atoms with Crippen LogP contribution in [0.25, 0.3) is 0 Å². The number of rotatable bonds is 1. The van der Waals surface area contributed by atoms with Crippen molar-refractivity contribution < 1.29 is 0 Å². The first kappa shape index (κ1) is 6.30. The van der Waals surface area contributed by atoms with Crippen molar-refractivity contribution in [1.29, 1.82) is 0 Å². The maximum Gasteiger partial charge on any atom is 0.154 e. The smallest absolute Gasteiger partial charge is 0.154 e. The van der Waals surface area contributed by atoms with Crippen molar-refractivity contribution in [2.45, 2.75) is 11.8 Å². The monoisotopic (exact) mass is 149 g/mol. The van der Waals surface area contributed by atoms with Crippen LogP contribution < -0.4 is 0 Å². The summed E-state index contributed by atoms with van der Waals surface area (Å²) in [6.07, 6.45) is 2.02. The van der Waals surface area contributed by atoms with Gasteiger partial charge in [-0.3, -0.25) is 0 Å². The molecule has 1 aliphatic heterocycles. The lowest BCUT2D eigenvalue weighted by Gasteiger charge is -2.15. The van der Waals surface area contributed by atoms with Crippen molar-refractivity contribution in [1.82, 2.24) is 4.90 Å². The Morgan fingerprint density at radius 1 is 1.88 bits per heavy atom. The second-order valence-electron chi connectivity index (χ2n) is 1.54. The number of nitrogens with zero attached hydrogens (tertiary/aromatic N) is 1. The zero-order valence-corrected chi connectivity index (χ0v) is 6.25. The molecule has 0 aliphatic carbocycles. The Bertz CT molecular complexity index is 105. The maximum absolute atomic E-state index is 5.80. The van der Waals surface area contributed by atoms with Gasteiger partial charge in [0.25, 0.3) is 0 Å². The van der Waals surface area contributed by atoms with E-state index in [0.717, 1.165) is 6.54 Å². The minimum atomic E-state index is 0.139. The molecule has 1 aliphatic rings. The second kappa shape index (κ2) is 2.65. The summed E-state index contributed by atoms with van der Waals surface area (Å²) in [4.78, 5) is 2.21. The number of hydrogen-bond donors (Lipinski definition) is 0. The molecule has 1 rings (SSSR count). The third-order valence-corrected chi connectivity index (χ3v) is 2.40. The molecule has 0 saturated heterocycles. The third-order valence-electron chi connectivity index (χ3n) is 1.07. The fourth-order valence-corrected chi connectivity index (χ4v) is 1.69. The van der Waals surface area contributed by atoms with Crippen molar-refractivity contribution in [2.24, 2.45) is 0 Å².